The molecule has 2 aliphatic rings. The third kappa shape index (κ3) is 11.2. The zero-order valence-corrected chi connectivity index (χ0v) is 37.1. The van der Waals surface area contributed by atoms with Gasteiger partial charge in [0.15, 0.2) is 12.4 Å². The number of aromatic amines is 1. The predicted molar refractivity (Wildman–Crippen MR) is 218 cm³/mol. The molecule has 0 saturated carbocycles. The van der Waals surface area contributed by atoms with E-state index in [0.29, 0.717) is 18.5 Å². The number of nitrogens with zero attached hydrogens (tertiary/aromatic N) is 4. The lowest BCUT2D eigenvalue weighted by Crippen LogP contribution is -2.49. The van der Waals surface area contributed by atoms with Crippen LogP contribution in [0.25, 0.3) is 22.1 Å². The van der Waals surface area contributed by atoms with E-state index in [4.69, 9.17) is 29.4 Å². The number of ether oxygens (including phenoxy) is 2. The van der Waals surface area contributed by atoms with Crippen molar-refractivity contribution < 1.29 is 79.6 Å². The van der Waals surface area contributed by atoms with Crippen molar-refractivity contribution in [2.45, 2.75) is 83.0 Å². The van der Waals surface area contributed by atoms with Gasteiger partial charge in [0.2, 0.25) is 17.7 Å². The molecule has 0 aliphatic carbocycles. The lowest BCUT2D eigenvalue weighted by atomic mass is 9.79. The normalized spacial score (nSPS) is 23.0. The number of carbonyl (C=O) groups excluding carboxylic acids is 2. The number of carbonyl (C=O) groups is 2. The number of phosphoric acid groups is 3. The van der Waals surface area contributed by atoms with Crippen molar-refractivity contribution in [3.63, 3.8) is 0 Å². The molecule has 3 aromatic heterocycles. The van der Waals surface area contributed by atoms with Crippen LogP contribution in [0.5, 0.6) is 0 Å². The number of aliphatic hydroxyl groups is 1. The number of aryl methyl sites for hydroxylation is 2. The molecule has 3 unspecified atom stereocenters. The minimum atomic E-state index is -5.88. The number of hydrogen-bond acceptors (Lipinski definition) is 17. The maximum atomic E-state index is 13.1. The molecule has 10 N–H and O–H groups in total. The summed E-state index contributed by atoms with van der Waals surface area (Å²) in [5.41, 5.74) is 7.59. The van der Waals surface area contributed by atoms with E-state index in [1.165, 1.54) is 24.0 Å². The highest BCUT2D eigenvalue weighted by Crippen LogP contribution is 2.66. The molecule has 346 valence electrons. The first-order valence-electron chi connectivity index (χ1n) is 19.2. The summed E-state index contributed by atoms with van der Waals surface area (Å²) in [7, 11) is -15.8. The van der Waals surface area contributed by atoms with Crippen molar-refractivity contribution >= 4 is 69.2 Å². The first-order valence-corrected chi connectivity index (χ1v) is 23.7. The van der Waals surface area contributed by atoms with Crippen molar-refractivity contribution in [3.8, 4) is 0 Å². The summed E-state index contributed by atoms with van der Waals surface area (Å²) in [6.07, 6.45) is -5.18. The zero-order chi connectivity index (χ0) is 46.4. The Hall–Kier alpha value is -4.55. The average Bonchev–Trinajstić information content (AvgIpc) is 3.62. The van der Waals surface area contributed by atoms with Gasteiger partial charge in [-0.25, -0.2) is 27.9 Å². The van der Waals surface area contributed by atoms with Crippen LogP contribution in [0.1, 0.15) is 63.3 Å². The molecular weight excluding hydrogens is 901 g/mol. The molecule has 63 heavy (non-hydrogen) atoms. The Morgan fingerprint density at radius 1 is 1.08 bits per heavy atom. The van der Waals surface area contributed by atoms with Crippen molar-refractivity contribution in [1.82, 2.24) is 25.2 Å². The molecular formula is C34H48N8O18P3+. The number of alkyl carbamates (subject to hydrolysis) is 1. The summed E-state index contributed by atoms with van der Waals surface area (Å²) in [4.78, 5) is 96.4. The maximum absolute atomic E-state index is 13.1. The summed E-state index contributed by atoms with van der Waals surface area (Å²) in [6, 6.07) is 5.42. The second-order valence-electron chi connectivity index (χ2n) is 15.7. The molecule has 26 nitrogen and oxygen atoms in total. The van der Waals surface area contributed by atoms with Gasteiger partial charge in [-0.05, 0) is 56.7 Å². The van der Waals surface area contributed by atoms with Crippen LogP contribution in [0, 0.1) is 6.92 Å². The first kappa shape index (κ1) is 47.9. The standard InChI is InChI=1S/C34H47N8O18P3/c1-17-11-25(44)56-22-13-21-19(12-20(17)22)18(2)14-34(3,4)42(21)10-6-7-24(43)36-8-9-37-33(47)58-28-27(45)23(15-55-62(51,52)60-63(53,54)59-61(48,49)50)57-31(28)41-16-40(5)26-29(41)38-32(35)39-30(26)46/h11-13,16,18,23,27-28,31,45H,6-10,14-15H2,1-5H3,(H8-,35,36,37,38,39,43,46,47,48,49,50,51,52,53,54)/p+1/t18?,23-,27-,28-,31-/m1/s1. The molecule has 6 rings (SSSR count). The number of fused-ring (bicyclic) bond motifs is 3. The van der Waals surface area contributed by atoms with E-state index in [0.717, 1.165) is 33.2 Å². The number of hydrogen-bond donors (Lipinski definition) is 9. The van der Waals surface area contributed by atoms with E-state index >= 15 is 0 Å². The number of imidazole rings is 1. The number of aliphatic hydroxyl groups excluding tert-OH is 1. The van der Waals surface area contributed by atoms with Gasteiger partial charge in [0, 0.05) is 54.8 Å². The van der Waals surface area contributed by atoms with Crippen LogP contribution in [-0.4, -0.2) is 101 Å². The van der Waals surface area contributed by atoms with Gasteiger partial charge in [0.05, 0.1) is 13.7 Å². The SMILES string of the molecule is Cc1cc(=O)oc2cc3c(cc12)C(C)CC(C)(C)N3CCCC(=O)NCCNC(=O)O[C@@H]1[C@H](O)[C@@H](COP(=O)(O)OP(=O)(O)OP(=O)(O)O)O[C@H]1[n+]1cn(C)c2c(=O)[nH]c(N)nc21. The Bertz CT molecular complexity index is 2680. The van der Waals surface area contributed by atoms with Crippen LogP contribution in [-0.2, 0) is 48.2 Å². The number of H-pyrrole nitrogens is 1. The van der Waals surface area contributed by atoms with Crippen molar-refractivity contribution in [1.29, 1.82) is 0 Å². The lowest BCUT2D eigenvalue weighted by Gasteiger charge is -2.47. The molecule has 5 heterocycles. The minimum absolute atomic E-state index is 0.0319. The second-order valence-corrected chi connectivity index (χ2v) is 20.1. The summed E-state index contributed by atoms with van der Waals surface area (Å²) >= 11 is 0. The highest BCUT2D eigenvalue weighted by molar-refractivity contribution is 7.66. The van der Waals surface area contributed by atoms with Crippen LogP contribution < -0.4 is 37.0 Å². The number of benzene rings is 1. The number of rotatable bonds is 16. The van der Waals surface area contributed by atoms with Crippen LogP contribution in [0.2, 0.25) is 0 Å². The number of nitrogens with one attached hydrogen (secondary N) is 3. The molecule has 1 fully saturated rings. The Morgan fingerprint density at radius 3 is 2.48 bits per heavy atom. The topological polar surface area (TPSA) is 371 Å². The molecule has 0 spiro atoms. The number of nitrogen functional groups attached to an aromatic ring is 1. The van der Waals surface area contributed by atoms with Crippen molar-refractivity contribution in [2.24, 2.45) is 7.05 Å². The number of nitrogens with two attached hydrogens (primary N) is 1. The van der Waals surface area contributed by atoms with Crippen LogP contribution in [0.3, 0.4) is 0 Å². The maximum Gasteiger partial charge on any atom is 0.490 e. The van der Waals surface area contributed by atoms with Crippen molar-refractivity contribution in [2.75, 3.05) is 36.9 Å². The predicted octanol–water partition coefficient (Wildman–Crippen LogP) is 0.931. The van der Waals surface area contributed by atoms with Gasteiger partial charge in [-0.2, -0.15) is 8.62 Å². The van der Waals surface area contributed by atoms with E-state index < -0.39 is 71.9 Å². The molecule has 4 aromatic rings. The number of amides is 2. The lowest BCUT2D eigenvalue weighted by molar-refractivity contribution is -0.745. The number of anilines is 2. The van der Waals surface area contributed by atoms with Gasteiger partial charge < -0.3 is 59.8 Å². The summed E-state index contributed by atoms with van der Waals surface area (Å²) in [6.45, 7) is 7.47. The molecule has 0 radical (unpaired) electrons. The van der Waals surface area contributed by atoms with Gasteiger partial charge >= 0.3 is 40.8 Å². The van der Waals surface area contributed by atoms with E-state index in [1.54, 1.807) is 0 Å². The highest BCUT2D eigenvalue weighted by Gasteiger charge is 2.52. The zero-order valence-electron chi connectivity index (χ0n) is 34.4. The van der Waals surface area contributed by atoms with Crippen LogP contribution in [0.4, 0.5) is 16.4 Å². The Morgan fingerprint density at radius 2 is 1.78 bits per heavy atom. The Labute approximate surface area is 356 Å². The molecule has 2 aliphatic heterocycles. The Kier molecular flexibility index (Phi) is 13.8. The summed E-state index contributed by atoms with van der Waals surface area (Å²) in [5.74, 6) is -0.386. The minimum Gasteiger partial charge on any atom is -0.437 e. The number of phosphoric ester groups is 1. The first-order chi connectivity index (χ1) is 29.2. The van der Waals surface area contributed by atoms with Gasteiger partial charge in [-0.15, -0.1) is 0 Å². The highest BCUT2D eigenvalue weighted by atomic mass is 31.3. The van der Waals surface area contributed by atoms with E-state index in [2.05, 4.69) is 65.5 Å². The third-order valence-electron chi connectivity index (χ3n) is 10.4. The molecule has 2 amide bonds. The monoisotopic (exact) mass is 949 g/mol. The summed E-state index contributed by atoms with van der Waals surface area (Å²) in [5, 5.41) is 17.2. The van der Waals surface area contributed by atoms with Gasteiger partial charge in [-0.3, -0.25) is 23.7 Å². The molecule has 0 bridgehead atoms. The third-order valence-corrected chi connectivity index (χ3v) is 14.2. The van der Waals surface area contributed by atoms with Crippen LogP contribution >= 0.6 is 23.5 Å². The Balaban J connectivity index is 1.06. The molecule has 29 heteroatoms. The van der Waals surface area contributed by atoms with Gasteiger partial charge in [0.1, 0.15) is 17.8 Å². The van der Waals surface area contributed by atoms with E-state index in [1.807, 2.05) is 13.0 Å². The van der Waals surface area contributed by atoms with E-state index in [9.17, 15) is 47.8 Å². The second kappa shape index (κ2) is 18.1. The molecule has 1 aromatic carbocycles. The fraction of sp³-hybridized carbons (Fsp3) is 0.529. The quantitative estimate of drug-likeness (QED) is 0.0326. The largest absolute Gasteiger partial charge is 0.490 e. The fourth-order valence-electron chi connectivity index (χ4n) is 7.87. The van der Waals surface area contributed by atoms with Crippen molar-refractivity contribution in [3.05, 3.63) is 56.4 Å². The average molecular weight is 950 g/mol. The molecule has 7 atom stereocenters. The van der Waals surface area contributed by atoms with E-state index in [-0.39, 0.29) is 54.0 Å². The fourth-order valence-corrected chi connectivity index (χ4v) is 10.9. The smallest absolute Gasteiger partial charge is 0.437 e. The summed E-state index contributed by atoms with van der Waals surface area (Å²) < 4.78 is 66.5. The number of aromatic nitrogens is 4. The molecule has 1 saturated heterocycles. The van der Waals surface area contributed by atoms with Crippen LogP contribution in [0.15, 0.2) is 38.5 Å². The van der Waals surface area contributed by atoms with Gasteiger partial charge in [-0.1, -0.05) is 11.9 Å². The van der Waals surface area contributed by atoms with Gasteiger partial charge in [0.25, 0.3) is 11.5 Å².